The van der Waals surface area contributed by atoms with Gasteiger partial charge in [0, 0.05) is 43.1 Å². The molecule has 6 heteroatoms. The molecule has 3 heterocycles. The van der Waals surface area contributed by atoms with Crippen molar-refractivity contribution in [1.82, 2.24) is 25.1 Å². The van der Waals surface area contributed by atoms with Gasteiger partial charge in [0.15, 0.2) is 5.65 Å². The largest absolute Gasteiger partial charge is 0.387 e. The zero-order chi connectivity index (χ0) is 16.2. The summed E-state index contributed by atoms with van der Waals surface area (Å²) in [5, 5.41) is 18.8. The summed E-state index contributed by atoms with van der Waals surface area (Å²) in [6.07, 6.45) is 6.52. The van der Waals surface area contributed by atoms with Crippen LogP contribution in [0, 0.1) is 0 Å². The number of nitrogens with one attached hydrogen (secondary N) is 1. The second-order valence-electron chi connectivity index (χ2n) is 5.87. The van der Waals surface area contributed by atoms with E-state index in [9.17, 15) is 5.11 Å². The molecular weight excluding hydrogens is 290 g/mol. The van der Waals surface area contributed by atoms with Crippen molar-refractivity contribution in [2.45, 2.75) is 32.5 Å². The Kier molecular flexibility index (Phi) is 4.64. The van der Waals surface area contributed by atoms with E-state index >= 15 is 0 Å². The van der Waals surface area contributed by atoms with Gasteiger partial charge in [0.1, 0.15) is 0 Å². The average molecular weight is 311 g/mol. The first-order chi connectivity index (χ1) is 11.1. The highest BCUT2D eigenvalue weighted by Crippen LogP contribution is 2.17. The smallest absolute Gasteiger partial charge is 0.157 e. The van der Waals surface area contributed by atoms with Crippen molar-refractivity contribution in [2.75, 3.05) is 6.54 Å². The van der Waals surface area contributed by atoms with E-state index in [2.05, 4.69) is 40.3 Å². The van der Waals surface area contributed by atoms with Gasteiger partial charge in [-0.25, -0.2) is 9.67 Å². The number of rotatable bonds is 6. The van der Waals surface area contributed by atoms with Crippen LogP contribution in [0.15, 0.2) is 43.0 Å². The van der Waals surface area contributed by atoms with Gasteiger partial charge in [-0.1, -0.05) is 0 Å². The number of nitrogens with zero attached hydrogens (tertiary/aromatic N) is 4. The third kappa shape index (κ3) is 3.55. The molecule has 0 saturated heterocycles. The molecule has 3 rings (SSSR count). The molecule has 0 amide bonds. The van der Waals surface area contributed by atoms with E-state index in [4.69, 9.17) is 0 Å². The van der Waals surface area contributed by atoms with Crippen molar-refractivity contribution in [3.05, 3.63) is 54.1 Å². The maximum atomic E-state index is 10.1. The predicted octanol–water partition coefficient (Wildman–Crippen LogP) is 2.23. The van der Waals surface area contributed by atoms with E-state index in [0.29, 0.717) is 19.1 Å². The van der Waals surface area contributed by atoms with Crippen LogP contribution in [0.2, 0.25) is 0 Å². The molecule has 120 valence electrons. The summed E-state index contributed by atoms with van der Waals surface area (Å²) >= 11 is 0. The van der Waals surface area contributed by atoms with Crippen molar-refractivity contribution in [2.24, 2.45) is 0 Å². The van der Waals surface area contributed by atoms with Crippen molar-refractivity contribution in [3.63, 3.8) is 0 Å². The fourth-order valence-corrected chi connectivity index (χ4v) is 2.52. The summed E-state index contributed by atoms with van der Waals surface area (Å²) in [4.78, 5) is 8.46. The first-order valence-electron chi connectivity index (χ1n) is 7.76. The first-order valence-corrected chi connectivity index (χ1v) is 7.76. The second-order valence-corrected chi connectivity index (χ2v) is 5.87. The quantitative estimate of drug-likeness (QED) is 0.730. The predicted molar refractivity (Wildman–Crippen MR) is 88.8 cm³/mol. The van der Waals surface area contributed by atoms with Gasteiger partial charge in [0.2, 0.25) is 0 Å². The van der Waals surface area contributed by atoms with Crippen LogP contribution in [0.4, 0.5) is 0 Å². The third-order valence-electron chi connectivity index (χ3n) is 3.74. The van der Waals surface area contributed by atoms with Crippen molar-refractivity contribution < 1.29 is 5.11 Å². The van der Waals surface area contributed by atoms with Gasteiger partial charge in [0.05, 0.1) is 12.3 Å². The van der Waals surface area contributed by atoms with E-state index in [0.717, 1.165) is 22.2 Å². The van der Waals surface area contributed by atoms with Crippen LogP contribution in [0.25, 0.3) is 11.0 Å². The molecule has 23 heavy (non-hydrogen) atoms. The zero-order valence-corrected chi connectivity index (χ0v) is 13.3. The van der Waals surface area contributed by atoms with Gasteiger partial charge in [-0.05, 0) is 43.2 Å². The van der Waals surface area contributed by atoms with Crippen molar-refractivity contribution in [1.29, 1.82) is 0 Å². The number of aliphatic hydroxyl groups excluding tert-OH is 1. The lowest BCUT2D eigenvalue weighted by molar-refractivity contribution is 0.174. The lowest BCUT2D eigenvalue weighted by Gasteiger charge is -2.12. The monoisotopic (exact) mass is 311 g/mol. The minimum absolute atomic E-state index is 0.291. The molecule has 0 aromatic carbocycles. The molecule has 3 aromatic heterocycles. The molecule has 1 unspecified atom stereocenters. The van der Waals surface area contributed by atoms with Crippen LogP contribution in [0.5, 0.6) is 0 Å². The van der Waals surface area contributed by atoms with Crippen LogP contribution in [0.3, 0.4) is 0 Å². The standard InChI is InChI=1S/C17H21N5O/c1-12(2)22-17-15(10-21-22)7-13(9-20-17)8-19-11-16(23)14-3-5-18-6-4-14/h3-7,9-10,12,16,19,23H,8,11H2,1-2H3. The Morgan fingerprint density at radius 1 is 1.22 bits per heavy atom. The molecule has 0 bridgehead atoms. The van der Waals surface area contributed by atoms with Gasteiger partial charge < -0.3 is 10.4 Å². The SMILES string of the molecule is CC(C)n1ncc2cc(CNCC(O)c3ccncc3)cnc21. The Morgan fingerprint density at radius 3 is 2.74 bits per heavy atom. The van der Waals surface area contributed by atoms with E-state index in [1.807, 2.05) is 29.2 Å². The fourth-order valence-electron chi connectivity index (χ4n) is 2.52. The van der Waals surface area contributed by atoms with E-state index in [1.165, 1.54) is 0 Å². The Morgan fingerprint density at radius 2 is 2.00 bits per heavy atom. The number of hydrogen-bond acceptors (Lipinski definition) is 5. The van der Waals surface area contributed by atoms with Gasteiger partial charge in [-0.3, -0.25) is 4.98 Å². The number of hydrogen-bond donors (Lipinski definition) is 2. The van der Waals surface area contributed by atoms with Crippen molar-refractivity contribution in [3.8, 4) is 0 Å². The average Bonchev–Trinajstić information content (AvgIpc) is 2.99. The van der Waals surface area contributed by atoms with Gasteiger partial charge >= 0.3 is 0 Å². The van der Waals surface area contributed by atoms with Crippen LogP contribution < -0.4 is 5.32 Å². The summed E-state index contributed by atoms with van der Waals surface area (Å²) < 4.78 is 1.92. The minimum Gasteiger partial charge on any atom is -0.387 e. The molecule has 3 aromatic rings. The molecule has 1 atom stereocenters. The van der Waals surface area contributed by atoms with Crippen LogP contribution in [-0.2, 0) is 6.54 Å². The normalized spacial score (nSPS) is 12.9. The molecular formula is C17H21N5O. The minimum atomic E-state index is -0.543. The summed E-state index contributed by atoms with van der Waals surface area (Å²) in [5.74, 6) is 0. The number of aromatic nitrogens is 4. The van der Waals surface area contributed by atoms with E-state index in [-0.39, 0.29) is 0 Å². The number of pyridine rings is 2. The van der Waals surface area contributed by atoms with Crippen molar-refractivity contribution >= 4 is 11.0 Å². The lowest BCUT2D eigenvalue weighted by Crippen LogP contribution is -2.21. The molecule has 0 spiro atoms. The molecule has 6 nitrogen and oxygen atoms in total. The second kappa shape index (κ2) is 6.85. The zero-order valence-electron chi connectivity index (χ0n) is 13.3. The number of fused-ring (bicyclic) bond motifs is 1. The molecule has 0 fully saturated rings. The molecule has 0 aliphatic rings. The summed E-state index contributed by atoms with van der Waals surface area (Å²) in [6.45, 7) is 5.30. The van der Waals surface area contributed by atoms with Gasteiger partial charge in [0.25, 0.3) is 0 Å². The molecule has 0 aliphatic heterocycles. The maximum absolute atomic E-state index is 10.1. The highest BCUT2D eigenvalue weighted by Gasteiger charge is 2.09. The molecule has 0 radical (unpaired) electrons. The Bertz CT molecular complexity index is 769. The summed E-state index contributed by atoms with van der Waals surface area (Å²) in [7, 11) is 0. The Labute approximate surface area is 135 Å². The first kappa shape index (κ1) is 15.6. The van der Waals surface area contributed by atoms with Gasteiger partial charge in [-0.15, -0.1) is 0 Å². The summed E-state index contributed by atoms with van der Waals surface area (Å²) in [6, 6.07) is 6.01. The number of aliphatic hydroxyl groups is 1. The molecule has 0 saturated carbocycles. The molecule has 2 N–H and O–H groups in total. The van der Waals surface area contributed by atoms with E-state index < -0.39 is 6.10 Å². The summed E-state index contributed by atoms with van der Waals surface area (Å²) in [5.41, 5.74) is 2.84. The maximum Gasteiger partial charge on any atom is 0.157 e. The molecule has 0 aliphatic carbocycles. The van der Waals surface area contributed by atoms with Crippen LogP contribution in [0.1, 0.15) is 37.1 Å². The highest BCUT2D eigenvalue weighted by molar-refractivity contribution is 5.75. The topological polar surface area (TPSA) is 75.9 Å². The Balaban J connectivity index is 1.61. The Hall–Kier alpha value is -2.31. The van der Waals surface area contributed by atoms with Crippen LogP contribution >= 0.6 is 0 Å². The van der Waals surface area contributed by atoms with Crippen LogP contribution in [-0.4, -0.2) is 31.4 Å². The highest BCUT2D eigenvalue weighted by atomic mass is 16.3. The lowest BCUT2D eigenvalue weighted by atomic mass is 10.1. The van der Waals surface area contributed by atoms with E-state index in [1.54, 1.807) is 12.4 Å². The fraction of sp³-hybridized carbons (Fsp3) is 0.353. The van der Waals surface area contributed by atoms with Gasteiger partial charge in [-0.2, -0.15) is 5.10 Å². The third-order valence-corrected chi connectivity index (χ3v) is 3.74.